The second kappa shape index (κ2) is 7.50. The standard InChI is InChI=1S/C22H23N5O2/c1-4-17(15-9-11-23-12-10-15)26(5-2)22(29)18-14-16-20(25(18)3)24-19-8-6-7-13-27(19)21(16)28/h6-14,17H,4-5H2,1-3H3. The lowest BCUT2D eigenvalue weighted by atomic mass is 10.0. The van der Waals surface area contributed by atoms with Crippen molar-refractivity contribution in [2.45, 2.75) is 26.3 Å². The van der Waals surface area contributed by atoms with Gasteiger partial charge in [0.15, 0.2) is 0 Å². The topological polar surface area (TPSA) is 72.5 Å². The minimum atomic E-state index is -0.176. The summed E-state index contributed by atoms with van der Waals surface area (Å²) in [4.78, 5) is 36.9. The van der Waals surface area contributed by atoms with Gasteiger partial charge in [0.1, 0.15) is 17.0 Å². The number of amides is 1. The fraction of sp³-hybridized carbons (Fsp3) is 0.273. The molecule has 0 saturated carbocycles. The largest absolute Gasteiger partial charge is 0.331 e. The lowest BCUT2D eigenvalue weighted by Crippen LogP contribution is -2.35. The van der Waals surface area contributed by atoms with Gasteiger partial charge >= 0.3 is 0 Å². The summed E-state index contributed by atoms with van der Waals surface area (Å²) in [6.07, 6.45) is 5.94. The Hall–Kier alpha value is -3.48. The lowest BCUT2D eigenvalue weighted by molar-refractivity contribution is 0.0673. The first-order chi connectivity index (χ1) is 14.1. The third-order valence-corrected chi connectivity index (χ3v) is 5.38. The molecule has 4 aromatic heterocycles. The average molecular weight is 389 g/mol. The first-order valence-corrected chi connectivity index (χ1v) is 9.74. The Kier molecular flexibility index (Phi) is 4.88. The molecule has 0 aliphatic heterocycles. The number of carbonyl (C=O) groups excluding carboxylic acids is 1. The zero-order valence-electron chi connectivity index (χ0n) is 16.7. The van der Waals surface area contributed by atoms with Crippen LogP contribution in [0.5, 0.6) is 0 Å². The first kappa shape index (κ1) is 18.9. The van der Waals surface area contributed by atoms with E-state index in [2.05, 4.69) is 16.9 Å². The summed E-state index contributed by atoms with van der Waals surface area (Å²) in [5.74, 6) is -0.120. The lowest BCUT2D eigenvalue weighted by Gasteiger charge is -2.30. The van der Waals surface area contributed by atoms with Gasteiger partial charge in [0.2, 0.25) is 0 Å². The first-order valence-electron chi connectivity index (χ1n) is 9.74. The van der Waals surface area contributed by atoms with Gasteiger partial charge in [-0.25, -0.2) is 4.98 Å². The van der Waals surface area contributed by atoms with Gasteiger partial charge in [-0.2, -0.15) is 0 Å². The van der Waals surface area contributed by atoms with Crippen LogP contribution in [0, 0.1) is 0 Å². The quantitative estimate of drug-likeness (QED) is 0.525. The van der Waals surface area contributed by atoms with Crippen LogP contribution >= 0.6 is 0 Å². The number of aryl methyl sites for hydroxylation is 1. The number of aromatic nitrogens is 4. The van der Waals surface area contributed by atoms with E-state index in [0.717, 1.165) is 12.0 Å². The summed E-state index contributed by atoms with van der Waals surface area (Å²) >= 11 is 0. The van der Waals surface area contributed by atoms with Crippen molar-refractivity contribution in [3.8, 4) is 0 Å². The van der Waals surface area contributed by atoms with E-state index in [4.69, 9.17) is 0 Å². The molecule has 0 radical (unpaired) electrons. The van der Waals surface area contributed by atoms with Crippen LogP contribution in [-0.4, -0.2) is 36.3 Å². The van der Waals surface area contributed by atoms with Crippen LogP contribution in [0.15, 0.2) is 59.8 Å². The molecule has 29 heavy (non-hydrogen) atoms. The maximum Gasteiger partial charge on any atom is 0.271 e. The molecule has 0 N–H and O–H groups in total. The minimum Gasteiger partial charge on any atom is -0.331 e. The van der Waals surface area contributed by atoms with E-state index in [1.165, 1.54) is 4.40 Å². The molecule has 0 spiro atoms. The number of carbonyl (C=O) groups is 1. The highest BCUT2D eigenvalue weighted by Crippen LogP contribution is 2.26. The summed E-state index contributed by atoms with van der Waals surface area (Å²) in [6.45, 7) is 4.57. The van der Waals surface area contributed by atoms with Gasteiger partial charge in [0.05, 0.1) is 11.4 Å². The van der Waals surface area contributed by atoms with Crippen LogP contribution in [0.1, 0.15) is 42.4 Å². The molecule has 7 heteroatoms. The number of pyridine rings is 2. The highest BCUT2D eigenvalue weighted by atomic mass is 16.2. The van der Waals surface area contributed by atoms with Gasteiger partial charge in [-0.1, -0.05) is 13.0 Å². The van der Waals surface area contributed by atoms with Crippen molar-refractivity contribution >= 4 is 22.6 Å². The SMILES string of the molecule is CCC(c1ccncc1)N(CC)C(=O)c1cc2c(=O)n3ccccc3nc2n1C. The Bertz CT molecular complexity index is 1240. The van der Waals surface area contributed by atoms with E-state index in [0.29, 0.717) is 28.9 Å². The highest BCUT2D eigenvalue weighted by molar-refractivity contribution is 5.98. The Morgan fingerprint density at radius 2 is 1.93 bits per heavy atom. The second-order valence-electron chi connectivity index (χ2n) is 6.97. The van der Waals surface area contributed by atoms with Crippen LogP contribution in [0.4, 0.5) is 0 Å². The van der Waals surface area contributed by atoms with Crippen molar-refractivity contribution in [3.63, 3.8) is 0 Å². The predicted molar refractivity (Wildman–Crippen MR) is 112 cm³/mol. The molecule has 0 bridgehead atoms. The minimum absolute atomic E-state index is 0.0679. The van der Waals surface area contributed by atoms with E-state index in [1.54, 1.807) is 48.4 Å². The molecule has 4 heterocycles. The van der Waals surface area contributed by atoms with Gasteiger partial charge in [0, 0.05) is 32.2 Å². The molecule has 0 fully saturated rings. The van der Waals surface area contributed by atoms with Crippen molar-refractivity contribution < 1.29 is 4.79 Å². The molecule has 0 saturated heterocycles. The maximum atomic E-state index is 13.5. The second-order valence-corrected chi connectivity index (χ2v) is 6.97. The molecule has 1 unspecified atom stereocenters. The Balaban J connectivity index is 1.83. The van der Waals surface area contributed by atoms with Gasteiger partial charge in [0.25, 0.3) is 11.5 Å². The third-order valence-electron chi connectivity index (χ3n) is 5.38. The number of hydrogen-bond acceptors (Lipinski definition) is 4. The summed E-state index contributed by atoms with van der Waals surface area (Å²) in [5.41, 5.74) is 2.39. The smallest absolute Gasteiger partial charge is 0.271 e. The molecule has 4 aromatic rings. The van der Waals surface area contributed by atoms with E-state index in [1.807, 2.05) is 30.0 Å². The molecule has 148 valence electrons. The fourth-order valence-electron chi connectivity index (χ4n) is 3.90. The van der Waals surface area contributed by atoms with Crippen molar-refractivity contribution in [3.05, 3.63) is 76.6 Å². The average Bonchev–Trinajstić information content (AvgIpc) is 3.09. The van der Waals surface area contributed by atoms with Gasteiger partial charge < -0.3 is 9.47 Å². The number of hydrogen-bond donors (Lipinski definition) is 0. The van der Waals surface area contributed by atoms with E-state index < -0.39 is 0 Å². The van der Waals surface area contributed by atoms with Crippen LogP contribution in [0.2, 0.25) is 0 Å². The summed E-state index contributed by atoms with van der Waals surface area (Å²) in [7, 11) is 1.78. The monoisotopic (exact) mass is 389 g/mol. The highest BCUT2D eigenvalue weighted by Gasteiger charge is 2.27. The Morgan fingerprint density at radius 3 is 2.62 bits per heavy atom. The van der Waals surface area contributed by atoms with Gasteiger partial charge in [-0.15, -0.1) is 0 Å². The zero-order chi connectivity index (χ0) is 20.5. The summed E-state index contributed by atoms with van der Waals surface area (Å²) in [5, 5.41) is 0.438. The fourth-order valence-corrected chi connectivity index (χ4v) is 3.90. The van der Waals surface area contributed by atoms with Gasteiger partial charge in [-0.05, 0) is 49.2 Å². The van der Waals surface area contributed by atoms with Crippen LogP contribution < -0.4 is 5.56 Å². The molecule has 4 rings (SSSR count). The number of rotatable bonds is 5. The van der Waals surface area contributed by atoms with Crippen molar-refractivity contribution in [1.82, 2.24) is 23.8 Å². The third kappa shape index (κ3) is 3.08. The van der Waals surface area contributed by atoms with Crippen LogP contribution in [-0.2, 0) is 7.05 Å². The number of fused-ring (bicyclic) bond motifs is 2. The zero-order valence-corrected chi connectivity index (χ0v) is 16.7. The van der Waals surface area contributed by atoms with E-state index in [9.17, 15) is 9.59 Å². The van der Waals surface area contributed by atoms with E-state index in [-0.39, 0.29) is 17.5 Å². The van der Waals surface area contributed by atoms with Crippen LogP contribution in [0.25, 0.3) is 16.7 Å². The molecule has 7 nitrogen and oxygen atoms in total. The summed E-state index contributed by atoms with van der Waals surface area (Å²) < 4.78 is 3.22. The van der Waals surface area contributed by atoms with Crippen molar-refractivity contribution in [1.29, 1.82) is 0 Å². The molecule has 0 aliphatic carbocycles. The maximum absolute atomic E-state index is 13.5. The molecular weight excluding hydrogens is 366 g/mol. The van der Waals surface area contributed by atoms with E-state index >= 15 is 0 Å². The molecular formula is C22H23N5O2. The normalized spacial score (nSPS) is 12.4. The van der Waals surface area contributed by atoms with Crippen molar-refractivity contribution in [2.24, 2.45) is 7.05 Å². The molecule has 1 amide bonds. The molecule has 0 aromatic carbocycles. The van der Waals surface area contributed by atoms with Crippen LogP contribution in [0.3, 0.4) is 0 Å². The Morgan fingerprint density at radius 1 is 1.17 bits per heavy atom. The predicted octanol–water partition coefficient (Wildman–Crippen LogP) is 3.19. The number of nitrogens with zero attached hydrogens (tertiary/aromatic N) is 5. The Labute approximate surface area is 168 Å². The summed E-state index contributed by atoms with van der Waals surface area (Å²) in [6, 6.07) is 10.9. The van der Waals surface area contributed by atoms with Crippen molar-refractivity contribution in [2.75, 3.05) is 6.54 Å². The molecule has 1 atom stereocenters. The molecule has 0 aliphatic rings. The van der Waals surface area contributed by atoms with Gasteiger partial charge in [-0.3, -0.25) is 19.0 Å².